The number of aromatic nitrogens is 3. The van der Waals surface area contributed by atoms with E-state index in [0.29, 0.717) is 16.6 Å². The third-order valence-electron chi connectivity index (χ3n) is 3.79. The van der Waals surface area contributed by atoms with Crippen molar-refractivity contribution in [2.75, 3.05) is 5.73 Å². The Hall–Kier alpha value is -3.40. The highest BCUT2D eigenvalue weighted by molar-refractivity contribution is 5.97. The Bertz CT molecular complexity index is 1090. The molecular weight excluding hydrogens is 294 g/mol. The van der Waals surface area contributed by atoms with Gasteiger partial charge in [-0.2, -0.15) is 5.26 Å². The number of nitrogens with zero attached hydrogens (tertiary/aromatic N) is 4. The average Bonchev–Trinajstić information content (AvgIpc) is 2.57. The summed E-state index contributed by atoms with van der Waals surface area (Å²) in [6, 6.07) is 11.0. The van der Waals surface area contributed by atoms with E-state index >= 15 is 0 Å². The average molecular weight is 307 g/mol. The van der Waals surface area contributed by atoms with Crippen LogP contribution in [0.3, 0.4) is 0 Å². The first-order valence-electron chi connectivity index (χ1n) is 6.82. The number of benzene rings is 1. The lowest BCUT2D eigenvalue weighted by atomic mass is 9.99. The minimum absolute atomic E-state index is 0.0328. The number of pyridine rings is 1. The van der Waals surface area contributed by atoms with E-state index in [0.717, 1.165) is 4.57 Å². The molecule has 0 saturated carbocycles. The number of anilines is 1. The van der Waals surface area contributed by atoms with E-state index in [4.69, 9.17) is 5.73 Å². The molecule has 0 aliphatic carbocycles. The second-order valence-corrected chi connectivity index (χ2v) is 5.13. The van der Waals surface area contributed by atoms with Gasteiger partial charge in [0.15, 0.2) is 5.52 Å². The second-order valence-electron chi connectivity index (χ2n) is 5.13. The van der Waals surface area contributed by atoms with Crippen LogP contribution in [0.1, 0.15) is 5.56 Å². The fraction of sp³-hybridized carbons (Fsp3) is 0.125. The molecule has 1 aromatic carbocycles. The van der Waals surface area contributed by atoms with Gasteiger partial charge in [0, 0.05) is 19.7 Å². The molecule has 2 aromatic heterocycles. The van der Waals surface area contributed by atoms with Crippen LogP contribution in [-0.4, -0.2) is 14.1 Å². The Kier molecular flexibility index (Phi) is 3.22. The zero-order valence-corrected chi connectivity index (χ0v) is 12.6. The van der Waals surface area contributed by atoms with Crippen molar-refractivity contribution in [2.24, 2.45) is 14.1 Å². The minimum Gasteiger partial charge on any atom is -0.383 e. The largest absolute Gasteiger partial charge is 0.383 e. The number of nitrogens with two attached hydrogens (primary N) is 1. The van der Waals surface area contributed by atoms with Gasteiger partial charge in [0.1, 0.15) is 17.5 Å². The molecule has 0 spiro atoms. The normalized spacial score (nSPS) is 10.7. The minimum atomic E-state index is -0.545. The van der Waals surface area contributed by atoms with Crippen molar-refractivity contribution >= 4 is 16.9 Å². The molecule has 7 nitrogen and oxygen atoms in total. The number of fused-ring (bicyclic) bond motifs is 1. The Morgan fingerprint density at radius 3 is 2.39 bits per heavy atom. The molecule has 114 valence electrons. The zero-order valence-electron chi connectivity index (χ0n) is 12.6. The van der Waals surface area contributed by atoms with Crippen LogP contribution in [0.15, 0.2) is 39.9 Å². The van der Waals surface area contributed by atoms with Gasteiger partial charge in [-0.05, 0) is 5.56 Å². The molecule has 2 heterocycles. The van der Waals surface area contributed by atoms with Crippen molar-refractivity contribution in [2.45, 2.75) is 0 Å². The van der Waals surface area contributed by atoms with Gasteiger partial charge in [-0.15, -0.1) is 0 Å². The highest BCUT2D eigenvalue weighted by atomic mass is 16.2. The van der Waals surface area contributed by atoms with Crippen molar-refractivity contribution in [3.05, 3.63) is 56.7 Å². The highest BCUT2D eigenvalue weighted by Gasteiger charge is 2.20. The number of hydrogen-bond donors (Lipinski definition) is 1. The summed E-state index contributed by atoms with van der Waals surface area (Å²) < 4.78 is 2.28. The molecule has 0 aliphatic rings. The standard InChI is InChI=1S/C16H13N5O2/c1-20-13-11(9-6-4-3-5-7-9)10(8-17)14(18)19-12(13)15(22)21(2)16(20)23/h3-7H,1-2H3,(H2,18,19). The summed E-state index contributed by atoms with van der Waals surface area (Å²) in [7, 11) is 2.91. The van der Waals surface area contributed by atoms with E-state index in [9.17, 15) is 14.9 Å². The van der Waals surface area contributed by atoms with E-state index < -0.39 is 11.2 Å². The van der Waals surface area contributed by atoms with Crippen LogP contribution in [0.2, 0.25) is 0 Å². The smallest absolute Gasteiger partial charge is 0.331 e. The molecular formula is C16H13N5O2. The van der Waals surface area contributed by atoms with Crippen LogP contribution in [0.4, 0.5) is 5.82 Å². The summed E-state index contributed by atoms with van der Waals surface area (Å²) >= 11 is 0. The van der Waals surface area contributed by atoms with E-state index in [1.165, 1.54) is 18.7 Å². The lowest BCUT2D eigenvalue weighted by Gasteiger charge is -2.14. The number of hydrogen-bond acceptors (Lipinski definition) is 5. The number of nitrogen functional groups attached to an aromatic ring is 1. The molecule has 0 bridgehead atoms. The molecule has 0 unspecified atom stereocenters. The molecule has 0 fully saturated rings. The molecule has 0 saturated heterocycles. The monoisotopic (exact) mass is 307 g/mol. The van der Waals surface area contributed by atoms with Crippen LogP contribution in [0.5, 0.6) is 0 Å². The van der Waals surface area contributed by atoms with Crippen LogP contribution >= 0.6 is 0 Å². The van der Waals surface area contributed by atoms with E-state index in [2.05, 4.69) is 4.98 Å². The summed E-state index contributed by atoms with van der Waals surface area (Å²) in [6.07, 6.45) is 0. The zero-order chi connectivity index (χ0) is 16.7. The topological polar surface area (TPSA) is 107 Å². The van der Waals surface area contributed by atoms with Gasteiger partial charge in [-0.3, -0.25) is 13.9 Å². The molecule has 3 rings (SSSR count). The molecule has 7 heteroatoms. The van der Waals surface area contributed by atoms with Crippen molar-refractivity contribution in [1.29, 1.82) is 5.26 Å². The summed E-state index contributed by atoms with van der Waals surface area (Å²) in [4.78, 5) is 28.7. The third-order valence-corrected chi connectivity index (χ3v) is 3.79. The first-order valence-corrected chi connectivity index (χ1v) is 6.82. The molecule has 2 N–H and O–H groups in total. The van der Waals surface area contributed by atoms with Crippen molar-refractivity contribution in [1.82, 2.24) is 14.1 Å². The molecule has 0 amide bonds. The first kappa shape index (κ1) is 14.5. The Balaban J connectivity index is 2.69. The Morgan fingerprint density at radius 2 is 1.78 bits per heavy atom. The molecule has 0 radical (unpaired) electrons. The van der Waals surface area contributed by atoms with Crippen LogP contribution in [0, 0.1) is 11.3 Å². The highest BCUT2D eigenvalue weighted by Crippen LogP contribution is 2.31. The van der Waals surface area contributed by atoms with Crippen molar-refractivity contribution in [3.63, 3.8) is 0 Å². The van der Waals surface area contributed by atoms with Gasteiger partial charge < -0.3 is 5.73 Å². The van der Waals surface area contributed by atoms with Gasteiger partial charge in [-0.1, -0.05) is 30.3 Å². The predicted molar refractivity (Wildman–Crippen MR) is 86.8 cm³/mol. The third kappa shape index (κ3) is 2.00. The quantitative estimate of drug-likeness (QED) is 0.714. The van der Waals surface area contributed by atoms with Crippen LogP contribution < -0.4 is 17.0 Å². The van der Waals surface area contributed by atoms with Gasteiger partial charge in [0.25, 0.3) is 5.56 Å². The first-order chi connectivity index (χ1) is 11.0. The fourth-order valence-electron chi connectivity index (χ4n) is 2.64. The molecule has 0 aliphatic heterocycles. The molecule has 3 aromatic rings. The van der Waals surface area contributed by atoms with Gasteiger partial charge >= 0.3 is 5.69 Å². The van der Waals surface area contributed by atoms with E-state index in [1.807, 2.05) is 12.1 Å². The van der Waals surface area contributed by atoms with E-state index in [1.54, 1.807) is 24.3 Å². The van der Waals surface area contributed by atoms with Crippen LogP contribution in [0.25, 0.3) is 22.2 Å². The maximum absolute atomic E-state index is 12.4. The Morgan fingerprint density at radius 1 is 1.13 bits per heavy atom. The molecule has 0 atom stereocenters. The maximum Gasteiger partial charge on any atom is 0.331 e. The number of rotatable bonds is 1. The maximum atomic E-state index is 12.4. The Labute approximate surface area is 130 Å². The van der Waals surface area contributed by atoms with Crippen molar-refractivity contribution in [3.8, 4) is 17.2 Å². The van der Waals surface area contributed by atoms with Gasteiger partial charge in [0.05, 0.1) is 5.52 Å². The lowest BCUT2D eigenvalue weighted by molar-refractivity contribution is 0.711. The summed E-state index contributed by atoms with van der Waals surface area (Å²) in [5, 5.41) is 9.46. The fourth-order valence-corrected chi connectivity index (χ4v) is 2.64. The number of nitriles is 1. The van der Waals surface area contributed by atoms with Crippen molar-refractivity contribution < 1.29 is 0 Å². The number of aryl methyl sites for hydroxylation is 1. The summed E-state index contributed by atoms with van der Waals surface area (Å²) in [5.41, 5.74) is 6.47. The molecule has 23 heavy (non-hydrogen) atoms. The van der Waals surface area contributed by atoms with Gasteiger partial charge in [-0.25, -0.2) is 9.78 Å². The summed E-state index contributed by atoms with van der Waals surface area (Å²) in [5.74, 6) is -0.0328. The lowest BCUT2D eigenvalue weighted by Crippen LogP contribution is -2.37. The summed E-state index contributed by atoms with van der Waals surface area (Å²) in [6.45, 7) is 0. The predicted octanol–water partition coefficient (Wildman–Crippen LogP) is 0.753. The van der Waals surface area contributed by atoms with Gasteiger partial charge in [0.2, 0.25) is 0 Å². The SMILES string of the molecule is Cn1c(=O)c2nc(N)c(C#N)c(-c3ccccc3)c2n(C)c1=O. The van der Waals surface area contributed by atoms with Crippen LogP contribution in [-0.2, 0) is 14.1 Å². The van der Waals surface area contributed by atoms with E-state index in [-0.39, 0.29) is 16.9 Å². The second kappa shape index (κ2) is 5.10.